The summed E-state index contributed by atoms with van der Waals surface area (Å²) in [5.74, 6) is 0.460. The second-order valence-electron chi connectivity index (χ2n) is 3.26. The number of aromatic nitrogens is 3. The van der Waals surface area contributed by atoms with Crippen molar-refractivity contribution in [2.45, 2.75) is 18.9 Å². The fourth-order valence-electron chi connectivity index (χ4n) is 1.74. The molecule has 72 valence electrons. The normalized spacial score (nSPS) is 22.4. The molecule has 0 radical (unpaired) electrons. The molecule has 1 atom stereocenters. The van der Waals surface area contributed by atoms with Crippen LogP contribution in [0.1, 0.15) is 18.0 Å². The van der Waals surface area contributed by atoms with Gasteiger partial charge >= 0.3 is 0 Å². The Hall–Kier alpha value is -0.970. The first kappa shape index (κ1) is 8.62. The van der Waals surface area contributed by atoms with Gasteiger partial charge in [0.25, 0.3) is 0 Å². The molecule has 0 amide bonds. The molecule has 13 heavy (non-hydrogen) atoms. The van der Waals surface area contributed by atoms with E-state index in [9.17, 15) is 4.39 Å². The zero-order valence-corrected chi connectivity index (χ0v) is 7.41. The van der Waals surface area contributed by atoms with E-state index in [2.05, 4.69) is 15.6 Å². The van der Waals surface area contributed by atoms with Crippen LogP contribution >= 0.6 is 0 Å². The van der Waals surface area contributed by atoms with Crippen molar-refractivity contribution < 1.29 is 4.39 Å². The van der Waals surface area contributed by atoms with Gasteiger partial charge in [-0.05, 0) is 13.0 Å². The molecular weight excluding hydrogens is 171 g/mol. The molecule has 1 N–H and O–H groups in total. The van der Waals surface area contributed by atoms with E-state index < -0.39 is 0 Å². The Labute approximate surface area is 76.1 Å². The van der Waals surface area contributed by atoms with Gasteiger partial charge in [-0.15, -0.1) is 5.10 Å². The van der Waals surface area contributed by atoms with Crippen LogP contribution < -0.4 is 5.32 Å². The molecule has 1 saturated heterocycles. The fraction of sp³-hybridized carbons (Fsp3) is 0.750. The monoisotopic (exact) mass is 184 g/mol. The average molecular weight is 184 g/mol. The van der Waals surface area contributed by atoms with Crippen LogP contribution in [0.2, 0.25) is 0 Å². The SMILES string of the molecule is FCCn1nncc1C1CCNC1. The average Bonchev–Trinajstić information content (AvgIpc) is 2.71. The van der Waals surface area contributed by atoms with Crippen LogP contribution in [0.3, 0.4) is 0 Å². The van der Waals surface area contributed by atoms with Gasteiger partial charge in [0, 0.05) is 12.5 Å². The van der Waals surface area contributed by atoms with Crippen molar-refractivity contribution in [1.29, 1.82) is 0 Å². The number of nitrogens with zero attached hydrogens (tertiary/aromatic N) is 3. The van der Waals surface area contributed by atoms with Crippen molar-refractivity contribution in [2.75, 3.05) is 19.8 Å². The molecule has 0 spiro atoms. The largest absolute Gasteiger partial charge is 0.316 e. The molecule has 1 aromatic heterocycles. The van der Waals surface area contributed by atoms with Crippen LogP contribution in [0.15, 0.2) is 6.20 Å². The summed E-state index contributed by atoms with van der Waals surface area (Å²) in [5.41, 5.74) is 1.06. The second-order valence-corrected chi connectivity index (χ2v) is 3.26. The van der Waals surface area contributed by atoms with Gasteiger partial charge in [-0.2, -0.15) is 0 Å². The number of aryl methyl sites for hydroxylation is 1. The van der Waals surface area contributed by atoms with Crippen molar-refractivity contribution in [2.24, 2.45) is 0 Å². The lowest BCUT2D eigenvalue weighted by atomic mass is 10.1. The maximum absolute atomic E-state index is 12.1. The first-order valence-electron chi connectivity index (χ1n) is 4.57. The molecule has 1 aliphatic rings. The quantitative estimate of drug-likeness (QED) is 0.736. The fourth-order valence-corrected chi connectivity index (χ4v) is 1.74. The van der Waals surface area contributed by atoms with Gasteiger partial charge in [-0.25, -0.2) is 9.07 Å². The van der Waals surface area contributed by atoms with Crippen molar-refractivity contribution in [3.8, 4) is 0 Å². The summed E-state index contributed by atoms with van der Waals surface area (Å²) in [4.78, 5) is 0. The molecule has 0 aromatic carbocycles. The highest BCUT2D eigenvalue weighted by atomic mass is 19.1. The van der Waals surface area contributed by atoms with Crippen LogP contribution in [-0.4, -0.2) is 34.8 Å². The number of nitrogens with one attached hydrogen (secondary N) is 1. The topological polar surface area (TPSA) is 42.7 Å². The lowest BCUT2D eigenvalue weighted by molar-refractivity contribution is 0.410. The smallest absolute Gasteiger partial charge is 0.109 e. The third kappa shape index (κ3) is 1.70. The van der Waals surface area contributed by atoms with E-state index in [0.29, 0.717) is 12.5 Å². The van der Waals surface area contributed by atoms with Crippen LogP contribution in [0.25, 0.3) is 0 Å². The summed E-state index contributed by atoms with van der Waals surface area (Å²) in [6.07, 6.45) is 2.84. The number of hydrogen-bond donors (Lipinski definition) is 1. The third-order valence-electron chi connectivity index (χ3n) is 2.42. The molecule has 0 bridgehead atoms. The highest BCUT2D eigenvalue weighted by Crippen LogP contribution is 2.20. The zero-order valence-electron chi connectivity index (χ0n) is 7.41. The standard InChI is InChI=1S/C8H13FN4/c9-2-4-13-8(6-11-12-13)7-1-3-10-5-7/h6-7,10H,1-5H2. The predicted molar refractivity (Wildman–Crippen MR) is 46.2 cm³/mol. The third-order valence-corrected chi connectivity index (χ3v) is 2.42. The van der Waals surface area contributed by atoms with Crippen LogP contribution in [-0.2, 0) is 6.54 Å². The van der Waals surface area contributed by atoms with E-state index in [4.69, 9.17) is 0 Å². The van der Waals surface area contributed by atoms with Gasteiger partial charge in [-0.1, -0.05) is 5.21 Å². The molecule has 1 fully saturated rings. The van der Waals surface area contributed by atoms with E-state index in [1.54, 1.807) is 10.9 Å². The zero-order chi connectivity index (χ0) is 9.10. The first-order chi connectivity index (χ1) is 6.42. The molecule has 4 nitrogen and oxygen atoms in total. The molecule has 2 heterocycles. The number of halogens is 1. The summed E-state index contributed by atoms with van der Waals surface area (Å²) in [6, 6.07) is 0. The van der Waals surface area contributed by atoms with Gasteiger partial charge in [0.1, 0.15) is 6.67 Å². The maximum atomic E-state index is 12.1. The second kappa shape index (κ2) is 3.83. The molecule has 2 rings (SSSR count). The van der Waals surface area contributed by atoms with Gasteiger partial charge in [0.15, 0.2) is 0 Å². The summed E-state index contributed by atoms with van der Waals surface area (Å²) in [7, 11) is 0. The summed E-state index contributed by atoms with van der Waals surface area (Å²) in [5, 5.41) is 10.9. The van der Waals surface area contributed by atoms with Crippen LogP contribution in [0.4, 0.5) is 4.39 Å². The lowest BCUT2D eigenvalue weighted by Gasteiger charge is -2.08. The Morgan fingerprint density at radius 1 is 1.69 bits per heavy atom. The minimum atomic E-state index is -0.378. The van der Waals surface area contributed by atoms with Gasteiger partial charge in [0.2, 0.25) is 0 Å². The molecule has 0 aliphatic carbocycles. The lowest BCUT2D eigenvalue weighted by Crippen LogP contribution is -2.13. The van der Waals surface area contributed by atoms with Gasteiger partial charge in [-0.3, -0.25) is 0 Å². The van der Waals surface area contributed by atoms with Gasteiger partial charge < -0.3 is 5.32 Å². The highest BCUT2D eigenvalue weighted by molar-refractivity contribution is 5.06. The van der Waals surface area contributed by atoms with Crippen LogP contribution in [0.5, 0.6) is 0 Å². The number of rotatable bonds is 3. The Balaban J connectivity index is 2.13. The Morgan fingerprint density at radius 2 is 2.62 bits per heavy atom. The molecule has 1 aromatic rings. The van der Waals surface area contributed by atoms with E-state index >= 15 is 0 Å². The highest BCUT2D eigenvalue weighted by Gasteiger charge is 2.20. The number of alkyl halides is 1. The Bertz CT molecular complexity index is 267. The minimum Gasteiger partial charge on any atom is -0.316 e. The Morgan fingerprint density at radius 3 is 3.31 bits per heavy atom. The Kier molecular flexibility index (Phi) is 2.54. The molecule has 0 saturated carbocycles. The van der Waals surface area contributed by atoms with Crippen molar-refractivity contribution >= 4 is 0 Å². The van der Waals surface area contributed by atoms with E-state index in [-0.39, 0.29) is 6.67 Å². The first-order valence-corrected chi connectivity index (χ1v) is 4.57. The molecule has 1 unspecified atom stereocenters. The predicted octanol–water partition coefficient (Wildman–Crippen LogP) is 0.325. The summed E-state index contributed by atoms with van der Waals surface area (Å²) < 4.78 is 13.8. The maximum Gasteiger partial charge on any atom is 0.109 e. The molecule has 5 heteroatoms. The van der Waals surface area contributed by atoms with Gasteiger partial charge in [0.05, 0.1) is 18.4 Å². The molecule has 1 aliphatic heterocycles. The van der Waals surface area contributed by atoms with Crippen LogP contribution in [0, 0.1) is 0 Å². The van der Waals surface area contributed by atoms with Crippen molar-refractivity contribution in [1.82, 2.24) is 20.3 Å². The van der Waals surface area contributed by atoms with E-state index in [1.807, 2.05) is 0 Å². The van der Waals surface area contributed by atoms with Crippen molar-refractivity contribution in [3.63, 3.8) is 0 Å². The van der Waals surface area contributed by atoms with Crippen molar-refractivity contribution in [3.05, 3.63) is 11.9 Å². The van der Waals surface area contributed by atoms with E-state index in [1.165, 1.54) is 0 Å². The summed E-state index contributed by atoms with van der Waals surface area (Å²) in [6.45, 7) is 1.94. The number of hydrogen-bond acceptors (Lipinski definition) is 3. The molecular formula is C8H13FN4. The minimum absolute atomic E-state index is 0.325. The summed E-state index contributed by atoms with van der Waals surface area (Å²) >= 11 is 0. The van der Waals surface area contributed by atoms with E-state index in [0.717, 1.165) is 25.2 Å².